The van der Waals surface area contributed by atoms with Gasteiger partial charge in [-0.2, -0.15) is 0 Å². The highest BCUT2D eigenvalue weighted by molar-refractivity contribution is 5.75. The van der Waals surface area contributed by atoms with Crippen molar-refractivity contribution in [3.63, 3.8) is 0 Å². The molecule has 1 atom stereocenters. The lowest BCUT2D eigenvalue weighted by molar-refractivity contribution is -0.122. The normalized spacial score (nSPS) is 12.5. The molecule has 0 aromatic carbocycles. The predicted molar refractivity (Wildman–Crippen MR) is 73.4 cm³/mol. The van der Waals surface area contributed by atoms with Crippen LogP contribution < -0.4 is 11.0 Å². The third-order valence-corrected chi connectivity index (χ3v) is 2.94. The Kier molecular flexibility index (Phi) is 4.52. The average Bonchev–Trinajstić information content (AvgIpc) is 2.74. The van der Waals surface area contributed by atoms with Crippen molar-refractivity contribution in [3.05, 3.63) is 34.9 Å². The fourth-order valence-electron chi connectivity index (χ4n) is 1.93. The van der Waals surface area contributed by atoms with Gasteiger partial charge in [0.05, 0.1) is 6.10 Å². The summed E-state index contributed by atoms with van der Waals surface area (Å²) in [6, 6.07) is 5.19. The summed E-state index contributed by atoms with van der Waals surface area (Å²) in [7, 11) is 0. The van der Waals surface area contributed by atoms with Crippen molar-refractivity contribution in [1.82, 2.24) is 19.5 Å². The maximum atomic E-state index is 11.9. The van der Waals surface area contributed by atoms with Gasteiger partial charge >= 0.3 is 5.69 Å². The molecule has 2 N–H and O–H groups in total. The first-order valence-electron chi connectivity index (χ1n) is 6.60. The molecule has 108 valence electrons. The lowest BCUT2D eigenvalue weighted by atomic mass is 10.2. The molecule has 0 spiro atoms. The fraction of sp³-hybridized carbons (Fsp3) is 0.462. The Bertz CT molecular complexity index is 646. The maximum absolute atomic E-state index is 11.9. The number of carbonyl (C=O) groups is 1. The summed E-state index contributed by atoms with van der Waals surface area (Å²) in [6.45, 7) is 2.00. The summed E-state index contributed by atoms with van der Waals surface area (Å²) >= 11 is 0. The summed E-state index contributed by atoms with van der Waals surface area (Å²) in [4.78, 5) is 23.7. The number of carbonyl (C=O) groups excluding carboxylic acids is 1. The second-order valence-electron chi connectivity index (χ2n) is 4.62. The number of hydrogen-bond donors (Lipinski definition) is 2. The number of pyridine rings is 1. The van der Waals surface area contributed by atoms with E-state index in [1.54, 1.807) is 24.4 Å². The minimum atomic E-state index is -0.554. The van der Waals surface area contributed by atoms with Crippen LogP contribution in [0.1, 0.15) is 19.8 Å². The van der Waals surface area contributed by atoms with Gasteiger partial charge in [-0.3, -0.25) is 9.20 Å². The zero-order valence-corrected chi connectivity index (χ0v) is 11.3. The maximum Gasteiger partial charge on any atom is 0.350 e. The molecular formula is C13H18N4O3. The molecule has 0 bridgehead atoms. The van der Waals surface area contributed by atoms with Crippen LogP contribution in [0.25, 0.3) is 5.65 Å². The topological polar surface area (TPSA) is 88.6 Å². The summed E-state index contributed by atoms with van der Waals surface area (Å²) < 4.78 is 2.48. The summed E-state index contributed by atoms with van der Waals surface area (Å²) in [5.41, 5.74) is 0.140. The number of nitrogens with one attached hydrogen (secondary N) is 1. The van der Waals surface area contributed by atoms with Gasteiger partial charge in [-0.05, 0) is 18.6 Å². The van der Waals surface area contributed by atoms with Crippen molar-refractivity contribution >= 4 is 11.6 Å². The standard InChI is InChI=1S/C13H18N4O3/c1-2-5-10(18)8-14-12(19)9-17-13(20)16-7-4-3-6-11(16)15-17/h3-4,6-7,10,18H,2,5,8-9H2,1H3,(H,14,19). The summed E-state index contributed by atoms with van der Waals surface area (Å²) in [5, 5.41) is 16.2. The van der Waals surface area contributed by atoms with Gasteiger partial charge in [0, 0.05) is 12.7 Å². The number of hydrogen-bond acceptors (Lipinski definition) is 4. The van der Waals surface area contributed by atoms with Gasteiger partial charge in [-0.1, -0.05) is 19.4 Å². The molecule has 1 amide bonds. The molecule has 0 aliphatic rings. The number of nitrogens with zero attached hydrogens (tertiary/aromatic N) is 3. The second-order valence-corrected chi connectivity index (χ2v) is 4.62. The van der Waals surface area contributed by atoms with Crippen molar-refractivity contribution in [2.24, 2.45) is 0 Å². The number of amides is 1. The third kappa shape index (κ3) is 3.24. The van der Waals surface area contributed by atoms with E-state index in [1.165, 1.54) is 4.40 Å². The molecule has 1 unspecified atom stereocenters. The van der Waals surface area contributed by atoms with Crippen molar-refractivity contribution in [1.29, 1.82) is 0 Å². The molecule has 7 heteroatoms. The van der Waals surface area contributed by atoms with Crippen LogP contribution in [-0.4, -0.2) is 37.8 Å². The van der Waals surface area contributed by atoms with Crippen LogP contribution in [0.15, 0.2) is 29.2 Å². The molecular weight excluding hydrogens is 260 g/mol. The average molecular weight is 278 g/mol. The van der Waals surface area contributed by atoms with Gasteiger partial charge in [0.15, 0.2) is 5.65 Å². The van der Waals surface area contributed by atoms with Crippen LogP contribution >= 0.6 is 0 Å². The van der Waals surface area contributed by atoms with E-state index < -0.39 is 6.10 Å². The van der Waals surface area contributed by atoms with Gasteiger partial charge in [0.25, 0.3) is 0 Å². The van der Waals surface area contributed by atoms with E-state index in [4.69, 9.17) is 0 Å². The summed E-state index contributed by atoms with van der Waals surface area (Å²) in [5.74, 6) is -0.342. The fourth-order valence-corrected chi connectivity index (χ4v) is 1.93. The van der Waals surface area contributed by atoms with Crippen LogP contribution in [0.3, 0.4) is 0 Å². The Morgan fingerprint density at radius 2 is 2.30 bits per heavy atom. The van der Waals surface area contributed by atoms with Crippen LogP contribution in [-0.2, 0) is 11.3 Å². The first-order valence-corrected chi connectivity index (χ1v) is 6.60. The predicted octanol–water partition coefficient (Wildman–Crippen LogP) is -0.227. The highest BCUT2D eigenvalue weighted by Gasteiger charge is 2.11. The third-order valence-electron chi connectivity index (χ3n) is 2.94. The number of fused-ring (bicyclic) bond motifs is 1. The first-order chi connectivity index (χ1) is 9.61. The second kappa shape index (κ2) is 6.33. The van der Waals surface area contributed by atoms with E-state index in [2.05, 4.69) is 10.4 Å². The van der Waals surface area contributed by atoms with E-state index in [0.717, 1.165) is 11.1 Å². The van der Waals surface area contributed by atoms with Crippen LogP contribution in [0, 0.1) is 0 Å². The molecule has 7 nitrogen and oxygen atoms in total. The van der Waals surface area contributed by atoms with E-state index in [0.29, 0.717) is 12.1 Å². The molecule has 2 aromatic heterocycles. The molecule has 0 aliphatic carbocycles. The number of rotatable bonds is 6. The SMILES string of the molecule is CCCC(O)CNC(=O)Cn1nc2ccccn2c1=O. The molecule has 2 rings (SSSR count). The molecule has 0 saturated heterocycles. The van der Waals surface area contributed by atoms with E-state index in [1.807, 2.05) is 6.92 Å². The zero-order valence-electron chi connectivity index (χ0n) is 11.3. The monoisotopic (exact) mass is 278 g/mol. The Morgan fingerprint density at radius 1 is 1.50 bits per heavy atom. The highest BCUT2D eigenvalue weighted by atomic mass is 16.3. The van der Waals surface area contributed by atoms with Crippen LogP contribution in [0.2, 0.25) is 0 Å². The van der Waals surface area contributed by atoms with Gasteiger partial charge in [0.2, 0.25) is 5.91 Å². The van der Waals surface area contributed by atoms with E-state index in [9.17, 15) is 14.7 Å². The first kappa shape index (κ1) is 14.3. The molecule has 2 heterocycles. The lowest BCUT2D eigenvalue weighted by Crippen LogP contribution is -2.36. The molecule has 0 saturated carbocycles. The Balaban J connectivity index is 2.00. The smallest absolute Gasteiger partial charge is 0.350 e. The Labute approximate surface area is 115 Å². The van der Waals surface area contributed by atoms with Gasteiger partial charge in [0.1, 0.15) is 6.54 Å². The molecule has 0 radical (unpaired) electrons. The lowest BCUT2D eigenvalue weighted by Gasteiger charge is -2.10. The van der Waals surface area contributed by atoms with Crippen molar-refractivity contribution < 1.29 is 9.90 Å². The van der Waals surface area contributed by atoms with Crippen LogP contribution in [0.5, 0.6) is 0 Å². The van der Waals surface area contributed by atoms with Crippen molar-refractivity contribution in [2.75, 3.05) is 6.54 Å². The number of aliphatic hydroxyl groups is 1. The van der Waals surface area contributed by atoms with Crippen molar-refractivity contribution in [3.8, 4) is 0 Å². The van der Waals surface area contributed by atoms with E-state index >= 15 is 0 Å². The quantitative estimate of drug-likeness (QED) is 0.764. The molecule has 2 aromatic rings. The minimum Gasteiger partial charge on any atom is -0.391 e. The molecule has 0 aliphatic heterocycles. The number of aliphatic hydroxyl groups excluding tert-OH is 1. The van der Waals surface area contributed by atoms with Gasteiger partial charge in [-0.25, -0.2) is 9.48 Å². The number of aromatic nitrogens is 3. The highest BCUT2D eigenvalue weighted by Crippen LogP contribution is 1.96. The van der Waals surface area contributed by atoms with Gasteiger partial charge < -0.3 is 10.4 Å². The van der Waals surface area contributed by atoms with E-state index in [-0.39, 0.29) is 24.7 Å². The summed E-state index contributed by atoms with van der Waals surface area (Å²) in [6.07, 6.45) is 2.53. The van der Waals surface area contributed by atoms with Crippen LogP contribution in [0.4, 0.5) is 0 Å². The van der Waals surface area contributed by atoms with Gasteiger partial charge in [-0.15, -0.1) is 5.10 Å². The Morgan fingerprint density at radius 3 is 3.00 bits per heavy atom. The minimum absolute atomic E-state index is 0.153. The molecule has 20 heavy (non-hydrogen) atoms. The van der Waals surface area contributed by atoms with Crippen molar-refractivity contribution in [2.45, 2.75) is 32.4 Å². The largest absolute Gasteiger partial charge is 0.391 e. The Hall–Kier alpha value is -2.15. The molecule has 0 fully saturated rings. The zero-order chi connectivity index (χ0) is 14.5.